The number of anilines is 3. The summed E-state index contributed by atoms with van der Waals surface area (Å²) in [5.74, 6) is 0. The van der Waals surface area contributed by atoms with Crippen molar-refractivity contribution in [3.63, 3.8) is 0 Å². The second-order valence-corrected chi connectivity index (χ2v) is 13.4. The Morgan fingerprint density at radius 3 is 1.54 bits per heavy atom. The predicted octanol–water partition coefficient (Wildman–Crippen LogP) is 14.4. The van der Waals surface area contributed by atoms with Gasteiger partial charge in [-0.25, -0.2) is 0 Å². The summed E-state index contributed by atoms with van der Waals surface area (Å²) < 4.78 is 6.61. The summed E-state index contributed by atoms with van der Waals surface area (Å²) in [6.07, 6.45) is 0. The zero-order chi connectivity index (χ0) is 34.4. The minimum atomic E-state index is 0.867. The summed E-state index contributed by atoms with van der Waals surface area (Å²) in [5, 5.41) is 7.20. The molecular weight excluding hydrogens is 631 g/mol. The summed E-state index contributed by atoms with van der Waals surface area (Å²) in [6, 6.07) is 71.7. The van der Waals surface area contributed by atoms with Gasteiger partial charge in [-0.3, -0.25) is 0 Å². The van der Waals surface area contributed by atoms with Crippen LogP contribution in [0.2, 0.25) is 0 Å². The van der Waals surface area contributed by atoms with E-state index in [0.29, 0.717) is 0 Å². The molecule has 0 aliphatic carbocycles. The van der Waals surface area contributed by atoms with Crippen LogP contribution in [0.5, 0.6) is 0 Å². The van der Waals surface area contributed by atoms with Crippen molar-refractivity contribution < 1.29 is 4.42 Å². The van der Waals surface area contributed by atoms with E-state index in [-0.39, 0.29) is 0 Å². The first-order valence-electron chi connectivity index (χ1n) is 17.7. The molecule has 0 radical (unpaired) electrons. The molecule has 244 valence electrons. The van der Waals surface area contributed by atoms with Gasteiger partial charge in [0, 0.05) is 22.1 Å². The maximum absolute atomic E-state index is 6.61. The molecule has 2 nitrogen and oxygen atoms in total. The van der Waals surface area contributed by atoms with Crippen LogP contribution < -0.4 is 4.90 Å². The average molecular weight is 664 g/mol. The van der Waals surface area contributed by atoms with Crippen molar-refractivity contribution in [2.75, 3.05) is 4.90 Å². The molecule has 0 amide bonds. The molecule has 1 heterocycles. The number of nitrogens with zero attached hydrogens (tertiary/aromatic N) is 1. The van der Waals surface area contributed by atoms with Gasteiger partial charge in [-0.15, -0.1) is 0 Å². The van der Waals surface area contributed by atoms with Gasteiger partial charge in [-0.2, -0.15) is 0 Å². The van der Waals surface area contributed by atoms with E-state index in [0.717, 1.165) is 44.6 Å². The van der Waals surface area contributed by atoms with Crippen molar-refractivity contribution in [2.24, 2.45) is 0 Å². The normalized spacial score (nSPS) is 11.5. The number of furan rings is 1. The van der Waals surface area contributed by atoms with Gasteiger partial charge in [0.25, 0.3) is 0 Å². The second kappa shape index (κ2) is 12.5. The van der Waals surface area contributed by atoms with Gasteiger partial charge in [-0.1, -0.05) is 146 Å². The van der Waals surface area contributed by atoms with Crippen LogP contribution in [0.25, 0.3) is 76.9 Å². The van der Waals surface area contributed by atoms with Crippen LogP contribution in [0, 0.1) is 0 Å². The molecule has 10 aromatic rings. The van der Waals surface area contributed by atoms with Gasteiger partial charge in [0.1, 0.15) is 5.58 Å². The minimum Gasteiger partial charge on any atom is -0.454 e. The van der Waals surface area contributed by atoms with E-state index in [1.807, 2.05) is 12.1 Å². The Morgan fingerprint density at radius 1 is 0.308 bits per heavy atom. The second-order valence-electron chi connectivity index (χ2n) is 13.4. The standard InChI is InChI=1S/C50H33NO/c1-3-12-37-30-42(24-22-34(37)10-1)36-26-28-44(29-27-36)51(48-20-9-19-47-46-18-5-6-21-49(46)52-50(47)48)45-17-8-16-41(33-45)39-14-7-15-40(32-39)43-25-23-35-11-2-4-13-38(35)31-43/h1-33H. The maximum Gasteiger partial charge on any atom is 0.159 e. The van der Waals surface area contributed by atoms with Crippen LogP contribution in [0.3, 0.4) is 0 Å². The number of benzene rings is 9. The van der Waals surface area contributed by atoms with Crippen molar-refractivity contribution in [1.82, 2.24) is 0 Å². The van der Waals surface area contributed by atoms with E-state index in [9.17, 15) is 0 Å². The third-order valence-corrected chi connectivity index (χ3v) is 10.2. The van der Waals surface area contributed by atoms with Gasteiger partial charge >= 0.3 is 0 Å². The van der Waals surface area contributed by atoms with Gasteiger partial charge in [0.15, 0.2) is 5.58 Å². The molecule has 0 bridgehead atoms. The number of para-hydroxylation sites is 2. The lowest BCUT2D eigenvalue weighted by Crippen LogP contribution is -2.10. The van der Waals surface area contributed by atoms with Crippen LogP contribution >= 0.6 is 0 Å². The summed E-state index contributed by atoms with van der Waals surface area (Å²) in [5.41, 5.74) is 12.0. The fourth-order valence-electron chi connectivity index (χ4n) is 7.58. The van der Waals surface area contributed by atoms with Crippen LogP contribution in [-0.4, -0.2) is 0 Å². The lowest BCUT2D eigenvalue weighted by Gasteiger charge is -2.26. The maximum atomic E-state index is 6.61. The third kappa shape index (κ3) is 5.30. The zero-order valence-electron chi connectivity index (χ0n) is 28.4. The van der Waals surface area contributed by atoms with Gasteiger partial charge < -0.3 is 9.32 Å². The fraction of sp³-hybridized carbons (Fsp3) is 0. The topological polar surface area (TPSA) is 16.4 Å². The van der Waals surface area contributed by atoms with Crippen LogP contribution in [0.1, 0.15) is 0 Å². The van der Waals surface area contributed by atoms with Crippen molar-refractivity contribution >= 4 is 60.5 Å². The molecule has 0 aliphatic rings. The lowest BCUT2D eigenvalue weighted by atomic mass is 9.97. The monoisotopic (exact) mass is 663 g/mol. The van der Waals surface area contributed by atoms with Gasteiger partial charge in [0.05, 0.1) is 5.69 Å². The molecule has 2 heteroatoms. The molecule has 0 N–H and O–H groups in total. The molecule has 0 saturated carbocycles. The van der Waals surface area contributed by atoms with Crippen LogP contribution in [0.4, 0.5) is 17.1 Å². The Bertz CT molecular complexity index is 2920. The minimum absolute atomic E-state index is 0.867. The van der Waals surface area contributed by atoms with Gasteiger partial charge in [0.2, 0.25) is 0 Å². The van der Waals surface area contributed by atoms with Crippen LogP contribution in [-0.2, 0) is 0 Å². The molecule has 0 saturated heterocycles. The van der Waals surface area contributed by atoms with Crippen LogP contribution in [0.15, 0.2) is 205 Å². The summed E-state index contributed by atoms with van der Waals surface area (Å²) in [4.78, 5) is 2.32. The molecular formula is C50H33NO. The number of hydrogen-bond donors (Lipinski definition) is 0. The van der Waals surface area contributed by atoms with Crippen molar-refractivity contribution in [2.45, 2.75) is 0 Å². The molecule has 9 aromatic carbocycles. The highest BCUT2D eigenvalue weighted by Gasteiger charge is 2.20. The molecule has 0 unspecified atom stereocenters. The predicted molar refractivity (Wildman–Crippen MR) is 220 cm³/mol. The molecule has 0 atom stereocenters. The van der Waals surface area contributed by atoms with E-state index in [4.69, 9.17) is 4.42 Å². The smallest absolute Gasteiger partial charge is 0.159 e. The molecule has 10 rings (SSSR count). The van der Waals surface area contributed by atoms with E-state index in [1.54, 1.807) is 0 Å². The van der Waals surface area contributed by atoms with Crippen molar-refractivity contribution in [3.8, 4) is 33.4 Å². The summed E-state index contributed by atoms with van der Waals surface area (Å²) >= 11 is 0. The zero-order valence-corrected chi connectivity index (χ0v) is 28.4. The van der Waals surface area contributed by atoms with Crippen molar-refractivity contribution in [1.29, 1.82) is 0 Å². The highest BCUT2D eigenvalue weighted by atomic mass is 16.3. The number of hydrogen-bond acceptors (Lipinski definition) is 2. The Balaban J connectivity index is 1.09. The van der Waals surface area contributed by atoms with E-state index in [2.05, 4.69) is 193 Å². The lowest BCUT2D eigenvalue weighted by molar-refractivity contribution is 0.669. The summed E-state index contributed by atoms with van der Waals surface area (Å²) in [6.45, 7) is 0. The molecule has 1 aromatic heterocycles. The number of fused-ring (bicyclic) bond motifs is 5. The van der Waals surface area contributed by atoms with E-state index in [1.165, 1.54) is 49.4 Å². The molecule has 0 spiro atoms. The van der Waals surface area contributed by atoms with Gasteiger partial charge in [-0.05, 0) is 110 Å². The first-order valence-corrected chi connectivity index (χ1v) is 17.7. The molecule has 0 aliphatic heterocycles. The largest absolute Gasteiger partial charge is 0.454 e. The van der Waals surface area contributed by atoms with Crippen molar-refractivity contribution in [3.05, 3.63) is 200 Å². The SMILES string of the molecule is c1cc(-c2cccc(N(c3ccc(-c4ccc5ccccc5c4)cc3)c3cccc4c3oc3ccccc34)c2)cc(-c2ccc3ccccc3c2)c1. The summed E-state index contributed by atoms with van der Waals surface area (Å²) in [7, 11) is 0. The Labute approximate surface area is 302 Å². The first-order chi connectivity index (χ1) is 25.7. The highest BCUT2D eigenvalue weighted by molar-refractivity contribution is 6.10. The third-order valence-electron chi connectivity index (χ3n) is 10.2. The van der Waals surface area contributed by atoms with E-state index < -0.39 is 0 Å². The Morgan fingerprint density at radius 2 is 0.827 bits per heavy atom. The average Bonchev–Trinajstić information content (AvgIpc) is 3.61. The number of rotatable bonds is 6. The Kier molecular flexibility index (Phi) is 7.18. The molecule has 52 heavy (non-hydrogen) atoms. The molecule has 0 fully saturated rings. The van der Waals surface area contributed by atoms with E-state index >= 15 is 0 Å². The Hall–Kier alpha value is -6.90. The highest BCUT2D eigenvalue weighted by Crippen LogP contribution is 2.43. The quantitative estimate of drug-likeness (QED) is 0.176. The fourth-order valence-corrected chi connectivity index (χ4v) is 7.58. The first kappa shape index (κ1) is 30.0.